The maximum absolute atomic E-state index is 4.00. The van der Waals surface area contributed by atoms with E-state index in [0.29, 0.717) is 0 Å². The van der Waals surface area contributed by atoms with E-state index < -0.39 is 7.26 Å². The SMILES string of the molecule is C=CC[P+](CCCC)(CCCC)CCCC.c1nn[nH]n1. The molecule has 21 heavy (non-hydrogen) atoms. The van der Waals surface area contributed by atoms with Crippen LogP contribution in [0.2, 0.25) is 0 Å². The van der Waals surface area contributed by atoms with E-state index in [0.717, 1.165) is 0 Å². The summed E-state index contributed by atoms with van der Waals surface area (Å²) in [5.74, 6) is 0. The first-order chi connectivity index (χ1) is 10.2. The fourth-order valence-electron chi connectivity index (χ4n) is 2.49. The molecule has 0 saturated carbocycles. The maximum atomic E-state index is 4.00. The summed E-state index contributed by atoms with van der Waals surface area (Å²) < 4.78 is 0. The molecule has 1 heterocycles. The van der Waals surface area contributed by atoms with E-state index in [1.165, 1.54) is 69.5 Å². The summed E-state index contributed by atoms with van der Waals surface area (Å²) in [7, 11) is -0.664. The fraction of sp³-hybridized carbons (Fsp3) is 0.812. The minimum absolute atomic E-state index is 0.664. The Bertz CT molecular complexity index is 275. The van der Waals surface area contributed by atoms with Crippen LogP contribution in [0.1, 0.15) is 59.3 Å². The van der Waals surface area contributed by atoms with Crippen molar-refractivity contribution in [2.24, 2.45) is 0 Å². The molecule has 0 bridgehead atoms. The average Bonchev–Trinajstić information content (AvgIpc) is 3.08. The second-order valence-electron chi connectivity index (χ2n) is 5.60. The topological polar surface area (TPSA) is 54.5 Å². The number of hydrogen-bond acceptors (Lipinski definition) is 3. The number of nitrogens with one attached hydrogen (secondary N) is 1. The Labute approximate surface area is 131 Å². The van der Waals surface area contributed by atoms with E-state index in [1.807, 2.05) is 0 Å². The molecular weight excluding hydrogens is 279 g/mol. The summed E-state index contributed by atoms with van der Waals surface area (Å²) in [6, 6.07) is 0. The molecule has 0 aromatic carbocycles. The standard InChI is InChI=1S/C15H32P.CH2N4/c1-5-9-13-16(12-8-4,14-10-6-2)15-11-7-3;1-2-4-5-3-1/h8H,4-7,9-15H2,1-3H3;1H,(H,2,3,4,5)/q+1;. The first-order valence-electron chi connectivity index (χ1n) is 8.37. The van der Waals surface area contributed by atoms with Crippen molar-refractivity contribution in [3.8, 4) is 0 Å². The van der Waals surface area contributed by atoms with Gasteiger partial charge in [0.25, 0.3) is 0 Å². The molecule has 1 aromatic rings. The third kappa shape index (κ3) is 10.6. The molecule has 0 atom stereocenters. The zero-order valence-corrected chi connectivity index (χ0v) is 15.1. The van der Waals surface area contributed by atoms with Crippen LogP contribution in [0.5, 0.6) is 0 Å². The van der Waals surface area contributed by atoms with E-state index in [4.69, 9.17) is 0 Å². The minimum atomic E-state index is -0.664. The van der Waals surface area contributed by atoms with Gasteiger partial charge in [-0.05, 0) is 19.3 Å². The highest BCUT2D eigenvalue weighted by Crippen LogP contribution is 2.60. The van der Waals surface area contributed by atoms with Gasteiger partial charge < -0.3 is 0 Å². The van der Waals surface area contributed by atoms with E-state index in [2.05, 4.69) is 54.1 Å². The second-order valence-corrected chi connectivity index (χ2v) is 9.99. The first-order valence-corrected chi connectivity index (χ1v) is 10.9. The van der Waals surface area contributed by atoms with Crippen molar-refractivity contribution in [3.63, 3.8) is 0 Å². The van der Waals surface area contributed by atoms with Crippen molar-refractivity contribution in [1.82, 2.24) is 20.6 Å². The van der Waals surface area contributed by atoms with Gasteiger partial charge in [-0.25, -0.2) is 0 Å². The second kappa shape index (κ2) is 14.2. The van der Waals surface area contributed by atoms with Crippen molar-refractivity contribution in [2.75, 3.05) is 24.6 Å². The minimum Gasteiger partial charge on any atom is -0.177 e. The molecule has 0 aliphatic heterocycles. The van der Waals surface area contributed by atoms with Gasteiger partial charge >= 0.3 is 0 Å². The number of unbranched alkanes of at least 4 members (excludes halogenated alkanes) is 3. The van der Waals surface area contributed by atoms with Crippen LogP contribution in [0.4, 0.5) is 0 Å². The predicted octanol–water partition coefficient (Wildman–Crippen LogP) is 4.79. The first kappa shape index (κ1) is 20.2. The summed E-state index contributed by atoms with van der Waals surface area (Å²) in [6.45, 7) is 11.0. The van der Waals surface area contributed by atoms with Crippen LogP contribution in [0.15, 0.2) is 19.0 Å². The highest BCUT2D eigenvalue weighted by molar-refractivity contribution is 7.76. The smallest absolute Gasteiger partial charge is 0.161 e. The van der Waals surface area contributed by atoms with Crippen molar-refractivity contribution >= 4 is 7.26 Å². The number of aromatic nitrogens is 4. The van der Waals surface area contributed by atoms with Crippen LogP contribution in [-0.4, -0.2) is 45.3 Å². The highest BCUT2D eigenvalue weighted by atomic mass is 31.2. The van der Waals surface area contributed by atoms with Crippen LogP contribution in [0.3, 0.4) is 0 Å². The predicted molar refractivity (Wildman–Crippen MR) is 95.5 cm³/mol. The molecule has 4 nitrogen and oxygen atoms in total. The molecule has 0 spiro atoms. The molecule has 0 saturated heterocycles. The third-order valence-electron chi connectivity index (χ3n) is 3.74. The van der Waals surface area contributed by atoms with Crippen molar-refractivity contribution in [1.29, 1.82) is 0 Å². The Kier molecular flexibility index (Phi) is 13.7. The Hall–Kier alpha value is -0.760. The average molecular weight is 313 g/mol. The largest absolute Gasteiger partial charge is 0.177 e. The van der Waals surface area contributed by atoms with E-state index >= 15 is 0 Å². The molecule has 0 radical (unpaired) electrons. The summed E-state index contributed by atoms with van der Waals surface area (Å²) >= 11 is 0. The lowest BCUT2D eigenvalue weighted by Crippen LogP contribution is -2.11. The number of H-pyrrole nitrogens is 1. The lowest BCUT2D eigenvalue weighted by Gasteiger charge is -2.26. The Morgan fingerprint density at radius 3 is 1.76 bits per heavy atom. The summed E-state index contributed by atoms with van der Waals surface area (Å²) in [6.07, 6.45) is 17.8. The lowest BCUT2D eigenvalue weighted by molar-refractivity contribution is 0.836. The number of nitrogens with zero attached hydrogens (tertiary/aromatic N) is 3. The molecule has 0 amide bonds. The van der Waals surface area contributed by atoms with Crippen molar-refractivity contribution in [3.05, 3.63) is 19.0 Å². The van der Waals surface area contributed by atoms with Crippen LogP contribution in [0, 0.1) is 0 Å². The zero-order chi connectivity index (χ0) is 15.8. The molecule has 1 rings (SSSR count). The lowest BCUT2D eigenvalue weighted by atomic mass is 10.4. The normalized spacial score (nSPS) is 10.8. The molecule has 1 N–H and O–H groups in total. The number of tetrazole rings is 1. The maximum Gasteiger partial charge on any atom is 0.161 e. The van der Waals surface area contributed by atoms with E-state index in [9.17, 15) is 0 Å². The number of allylic oxidation sites excluding steroid dienone is 1. The quantitative estimate of drug-likeness (QED) is 0.472. The molecule has 0 unspecified atom stereocenters. The van der Waals surface area contributed by atoms with Crippen molar-refractivity contribution in [2.45, 2.75) is 59.3 Å². The number of rotatable bonds is 11. The molecule has 1 aromatic heterocycles. The van der Waals surface area contributed by atoms with Gasteiger partial charge in [-0.15, -0.1) is 10.2 Å². The monoisotopic (exact) mass is 313 g/mol. The van der Waals surface area contributed by atoms with Gasteiger partial charge in [0.15, 0.2) is 6.33 Å². The molecule has 0 fully saturated rings. The summed E-state index contributed by atoms with van der Waals surface area (Å²) in [5, 5.41) is 12.2. The molecular formula is C16H34N4P+. The van der Waals surface area contributed by atoms with Gasteiger partial charge in [-0.3, -0.25) is 0 Å². The fourth-order valence-corrected chi connectivity index (χ4v) is 7.22. The van der Waals surface area contributed by atoms with E-state index in [1.54, 1.807) is 0 Å². The van der Waals surface area contributed by atoms with Crippen molar-refractivity contribution < 1.29 is 0 Å². The van der Waals surface area contributed by atoms with Gasteiger partial charge in [0.05, 0.1) is 24.6 Å². The van der Waals surface area contributed by atoms with Gasteiger partial charge in [0, 0.05) is 7.26 Å². The molecule has 0 aliphatic rings. The Balaban J connectivity index is 0.000000662. The van der Waals surface area contributed by atoms with Gasteiger partial charge in [0.1, 0.15) is 0 Å². The van der Waals surface area contributed by atoms with Gasteiger partial charge in [-0.1, -0.05) is 57.9 Å². The number of aromatic amines is 1. The Morgan fingerprint density at radius 1 is 1.00 bits per heavy atom. The van der Waals surface area contributed by atoms with Crippen LogP contribution in [0.25, 0.3) is 0 Å². The van der Waals surface area contributed by atoms with E-state index in [-0.39, 0.29) is 0 Å². The van der Waals surface area contributed by atoms with Crippen LogP contribution >= 0.6 is 7.26 Å². The number of hydrogen-bond donors (Lipinski definition) is 1. The zero-order valence-electron chi connectivity index (χ0n) is 14.2. The van der Waals surface area contributed by atoms with Gasteiger partial charge in [-0.2, -0.15) is 5.21 Å². The molecule has 122 valence electrons. The highest BCUT2D eigenvalue weighted by Gasteiger charge is 2.33. The van der Waals surface area contributed by atoms with Gasteiger partial charge in [0.2, 0.25) is 0 Å². The van der Waals surface area contributed by atoms with Crippen LogP contribution < -0.4 is 0 Å². The Morgan fingerprint density at radius 2 is 1.52 bits per heavy atom. The third-order valence-corrected chi connectivity index (χ3v) is 8.57. The molecule has 5 heteroatoms. The summed E-state index contributed by atoms with van der Waals surface area (Å²) in [5.41, 5.74) is 0. The molecule has 0 aliphatic carbocycles. The summed E-state index contributed by atoms with van der Waals surface area (Å²) in [4.78, 5) is 0. The van der Waals surface area contributed by atoms with Crippen LogP contribution in [-0.2, 0) is 0 Å².